The number of benzene rings is 1. The number of rotatable bonds is 4. The largest absolute Gasteiger partial charge is 0.462 e. The van der Waals surface area contributed by atoms with E-state index in [9.17, 15) is 0 Å². The van der Waals surface area contributed by atoms with E-state index in [1.807, 2.05) is 31.2 Å². The molecule has 1 aliphatic heterocycles. The Hall–Kier alpha value is -2.49. The van der Waals surface area contributed by atoms with E-state index >= 15 is 0 Å². The van der Waals surface area contributed by atoms with Crippen molar-refractivity contribution in [2.45, 2.75) is 40.2 Å². The monoisotopic (exact) mass is 323 g/mol. The molecule has 0 spiro atoms. The lowest BCUT2D eigenvalue weighted by Gasteiger charge is -2.21. The van der Waals surface area contributed by atoms with Gasteiger partial charge in [0.2, 0.25) is 0 Å². The zero-order valence-corrected chi connectivity index (χ0v) is 14.8. The normalized spacial score (nSPS) is 18.1. The summed E-state index contributed by atoms with van der Waals surface area (Å²) in [5, 5.41) is 8.13. The van der Waals surface area contributed by atoms with Gasteiger partial charge in [0, 0.05) is 12.6 Å². The van der Waals surface area contributed by atoms with Gasteiger partial charge < -0.3 is 10.1 Å². The molecule has 1 atom stereocenters. The number of fused-ring (bicyclic) bond motifs is 1. The molecule has 24 heavy (non-hydrogen) atoms. The number of anilines is 1. The second kappa shape index (κ2) is 6.95. The van der Waals surface area contributed by atoms with E-state index in [4.69, 9.17) is 9.84 Å². The molecule has 0 bridgehead atoms. The minimum Gasteiger partial charge on any atom is -0.462 e. The second-order valence-corrected chi connectivity index (χ2v) is 6.47. The van der Waals surface area contributed by atoms with Crippen molar-refractivity contribution < 1.29 is 4.74 Å². The predicted molar refractivity (Wildman–Crippen MR) is 99.3 cm³/mol. The Balaban J connectivity index is 1.73. The van der Waals surface area contributed by atoms with E-state index in [0.29, 0.717) is 6.04 Å². The maximum absolute atomic E-state index is 5.86. The van der Waals surface area contributed by atoms with Crippen LogP contribution in [0, 0.1) is 6.92 Å². The standard InChI is InChI=1S/C20H25N3O/c1-14-6-5-7-18(12-14)24-17(4)9-8-15(2)19-13-20-21-11-10-16(3)23(20)22-19/h5-9,12-13,16,21H,10-11H2,1-4H3/b15-8+,17-9+. The van der Waals surface area contributed by atoms with Gasteiger partial charge in [0.15, 0.2) is 0 Å². The summed E-state index contributed by atoms with van der Waals surface area (Å²) < 4.78 is 7.94. The third kappa shape index (κ3) is 3.70. The zero-order valence-electron chi connectivity index (χ0n) is 14.8. The lowest BCUT2D eigenvalue weighted by atomic mass is 10.2. The number of aromatic nitrogens is 2. The second-order valence-electron chi connectivity index (χ2n) is 6.47. The van der Waals surface area contributed by atoms with Crippen molar-refractivity contribution in [2.24, 2.45) is 0 Å². The van der Waals surface area contributed by atoms with Crippen LogP contribution in [0.4, 0.5) is 5.82 Å². The smallest absolute Gasteiger partial charge is 0.127 e. The quantitative estimate of drug-likeness (QED) is 0.639. The van der Waals surface area contributed by atoms with Gasteiger partial charge in [-0.25, -0.2) is 4.68 Å². The van der Waals surface area contributed by atoms with E-state index in [1.54, 1.807) is 0 Å². The molecule has 4 nitrogen and oxygen atoms in total. The number of hydrogen-bond acceptors (Lipinski definition) is 3. The first-order valence-corrected chi connectivity index (χ1v) is 8.46. The van der Waals surface area contributed by atoms with Crippen LogP contribution in [0.2, 0.25) is 0 Å². The molecule has 0 radical (unpaired) electrons. The van der Waals surface area contributed by atoms with Gasteiger partial charge in [-0.05, 0) is 63.5 Å². The molecule has 0 fully saturated rings. The van der Waals surface area contributed by atoms with Crippen molar-refractivity contribution >= 4 is 11.4 Å². The van der Waals surface area contributed by atoms with Crippen molar-refractivity contribution in [3.63, 3.8) is 0 Å². The summed E-state index contributed by atoms with van der Waals surface area (Å²) >= 11 is 0. The van der Waals surface area contributed by atoms with Gasteiger partial charge in [0.25, 0.3) is 0 Å². The molecule has 0 saturated heterocycles. The van der Waals surface area contributed by atoms with Gasteiger partial charge in [-0.15, -0.1) is 0 Å². The fourth-order valence-electron chi connectivity index (χ4n) is 2.81. The minimum atomic E-state index is 0.449. The van der Waals surface area contributed by atoms with E-state index in [0.717, 1.165) is 41.6 Å². The lowest BCUT2D eigenvalue weighted by Crippen LogP contribution is -2.21. The summed E-state index contributed by atoms with van der Waals surface area (Å²) in [5.41, 5.74) is 3.32. The van der Waals surface area contributed by atoms with Gasteiger partial charge in [-0.3, -0.25) is 0 Å². The van der Waals surface area contributed by atoms with E-state index in [-0.39, 0.29) is 0 Å². The Morgan fingerprint density at radius 2 is 2.12 bits per heavy atom. The van der Waals surface area contributed by atoms with Crippen LogP contribution in [0.5, 0.6) is 5.75 Å². The number of ether oxygens (including phenoxy) is 1. The molecule has 2 aromatic rings. The molecule has 1 N–H and O–H groups in total. The average Bonchev–Trinajstić information content (AvgIpc) is 2.98. The van der Waals surface area contributed by atoms with E-state index in [2.05, 4.69) is 49.0 Å². The summed E-state index contributed by atoms with van der Waals surface area (Å²) in [5.74, 6) is 2.83. The van der Waals surface area contributed by atoms with Crippen LogP contribution in [-0.4, -0.2) is 16.3 Å². The van der Waals surface area contributed by atoms with Crippen LogP contribution < -0.4 is 10.1 Å². The first-order chi connectivity index (χ1) is 11.5. The first kappa shape index (κ1) is 16.4. The van der Waals surface area contributed by atoms with Gasteiger partial charge in [0.05, 0.1) is 11.7 Å². The molecule has 1 aromatic carbocycles. The Bertz CT molecular complexity index is 786. The maximum Gasteiger partial charge on any atom is 0.127 e. The van der Waals surface area contributed by atoms with E-state index < -0.39 is 0 Å². The van der Waals surface area contributed by atoms with Crippen LogP contribution in [0.25, 0.3) is 5.57 Å². The van der Waals surface area contributed by atoms with Crippen molar-refractivity contribution in [2.75, 3.05) is 11.9 Å². The van der Waals surface area contributed by atoms with Crippen LogP contribution >= 0.6 is 0 Å². The molecule has 0 amide bonds. The third-order valence-electron chi connectivity index (χ3n) is 4.26. The Labute approximate surface area is 143 Å². The SMILES string of the molecule is C/C(=C\C=C(/C)c1cc2n(n1)C(C)CCN2)Oc1cccc(C)c1. The van der Waals surface area contributed by atoms with Crippen molar-refractivity contribution in [3.8, 4) is 5.75 Å². The number of nitrogens with zero attached hydrogens (tertiary/aromatic N) is 2. The number of nitrogens with one attached hydrogen (secondary N) is 1. The van der Waals surface area contributed by atoms with Crippen molar-refractivity contribution in [3.05, 3.63) is 59.5 Å². The minimum absolute atomic E-state index is 0.449. The van der Waals surface area contributed by atoms with Crippen LogP contribution in [0.15, 0.2) is 48.2 Å². The summed E-state index contributed by atoms with van der Waals surface area (Å²) in [6, 6.07) is 10.6. The predicted octanol–water partition coefficient (Wildman–Crippen LogP) is 4.95. The molecule has 2 heterocycles. The highest BCUT2D eigenvalue weighted by atomic mass is 16.5. The molecule has 0 saturated carbocycles. The molecule has 1 aromatic heterocycles. The molecule has 126 valence electrons. The summed E-state index contributed by atoms with van der Waals surface area (Å²) in [6.45, 7) is 9.33. The lowest BCUT2D eigenvalue weighted by molar-refractivity contribution is 0.427. The van der Waals surface area contributed by atoms with Gasteiger partial charge in [0.1, 0.15) is 17.3 Å². The van der Waals surface area contributed by atoms with Crippen molar-refractivity contribution in [1.82, 2.24) is 9.78 Å². The molecular formula is C20H25N3O. The zero-order chi connectivity index (χ0) is 17.1. The number of allylic oxidation sites excluding steroid dienone is 4. The molecule has 1 aliphatic rings. The highest BCUT2D eigenvalue weighted by Crippen LogP contribution is 2.26. The molecule has 3 rings (SSSR count). The topological polar surface area (TPSA) is 39.1 Å². The summed E-state index contributed by atoms with van der Waals surface area (Å²) in [6.07, 6.45) is 5.16. The van der Waals surface area contributed by atoms with Gasteiger partial charge >= 0.3 is 0 Å². The van der Waals surface area contributed by atoms with Crippen LogP contribution in [0.1, 0.15) is 44.5 Å². The molecular weight excluding hydrogens is 298 g/mol. The average molecular weight is 323 g/mol. The van der Waals surface area contributed by atoms with Crippen molar-refractivity contribution in [1.29, 1.82) is 0 Å². The fourth-order valence-corrected chi connectivity index (χ4v) is 2.81. The van der Waals surface area contributed by atoms with Crippen LogP contribution in [0.3, 0.4) is 0 Å². The highest BCUT2D eigenvalue weighted by Gasteiger charge is 2.17. The van der Waals surface area contributed by atoms with Crippen LogP contribution in [-0.2, 0) is 0 Å². The number of aryl methyl sites for hydroxylation is 1. The first-order valence-electron chi connectivity index (χ1n) is 8.46. The van der Waals surface area contributed by atoms with Gasteiger partial charge in [-0.2, -0.15) is 5.10 Å². The van der Waals surface area contributed by atoms with Gasteiger partial charge in [-0.1, -0.05) is 18.2 Å². The highest BCUT2D eigenvalue weighted by molar-refractivity contribution is 5.65. The Morgan fingerprint density at radius 1 is 1.29 bits per heavy atom. The molecule has 1 unspecified atom stereocenters. The Morgan fingerprint density at radius 3 is 2.88 bits per heavy atom. The Kier molecular flexibility index (Phi) is 4.74. The summed E-state index contributed by atoms with van der Waals surface area (Å²) in [7, 11) is 0. The summed E-state index contributed by atoms with van der Waals surface area (Å²) in [4.78, 5) is 0. The van der Waals surface area contributed by atoms with E-state index in [1.165, 1.54) is 5.56 Å². The maximum atomic E-state index is 5.86. The fraction of sp³-hybridized carbons (Fsp3) is 0.350. The molecule has 4 heteroatoms. The number of hydrogen-bond donors (Lipinski definition) is 1. The third-order valence-corrected chi connectivity index (χ3v) is 4.26. The molecule has 0 aliphatic carbocycles.